The van der Waals surface area contributed by atoms with Crippen LogP contribution in [0.25, 0.3) is 100 Å². The molecule has 0 saturated carbocycles. The number of para-hydroxylation sites is 4. The molecular formula is C51H33N5. The molecule has 0 spiro atoms. The van der Waals surface area contributed by atoms with Crippen molar-refractivity contribution in [1.82, 2.24) is 24.1 Å². The largest absolute Gasteiger partial charge is 0.309 e. The van der Waals surface area contributed by atoms with Crippen LogP contribution in [0.2, 0.25) is 0 Å². The van der Waals surface area contributed by atoms with E-state index in [1.165, 1.54) is 16.3 Å². The minimum atomic E-state index is 0.615. The first-order valence-electron chi connectivity index (χ1n) is 18.9. The molecule has 5 nitrogen and oxygen atoms in total. The molecule has 0 atom stereocenters. The van der Waals surface area contributed by atoms with Gasteiger partial charge in [0.1, 0.15) is 0 Å². The summed E-state index contributed by atoms with van der Waals surface area (Å²) >= 11 is 0. The maximum absolute atomic E-state index is 5.35. The van der Waals surface area contributed by atoms with E-state index in [9.17, 15) is 0 Å². The highest BCUT2D eigenvalue weighted by Gasteiger charge is 2.23. The molecule has 3 aromatic heterocycles. The highest BCUT2D eigenvalue weighted by Crippen LogP contribution is 2.42. The third-order valence-electron chi connectivity index (χ3n) is 10.8. The van der Waals surface area contributed by atoms with Gasteiger partial charge in [-0.1, -0.05) is 158 Å². The van der Waals surface area contributed by atoms with Gasteiger partial charge in [-0.3, -0.25) is 0 Å². The summed E-state index contributed by atoms with van der Waals surface area (Å²) in [6.07, 6.45) is 0. The smallest absolute Gasteiger partial charge is 0.164 e. The van der Waals surface area contributed by atoms with Gasteiger partial charge in [0.05, 0.1) is 22.1 Å². The maximum atomic E-state index is 5.35. The van der Waals surface area contributed by atoms with Gasteiger partial charge in [-0.15, -0.1) is 0 Å². The summed E-state index contributed by atoms with van der Waals surface area (Å²) in [6, 6.07) is 70.3. The fraction of sp³-hybridized carbons (Fsp3) is 0. The van der Waals surface area contributed by atoms with Crippen molar-refractivity contribution in [1.29, 1.82) is 0 Å². The van der Waals surface area contributed by atoms with E-state index in [4.69, 9.17) is 15.0 Å². The van der Waals surface area contributed by atoms with E-state index < -0.39 is 0 Å². The fourth-order valence-corrected chi connectivity index (χ4v) is 8.23. The summed E-state index contributed by atoms with van der Waals surface area (Å²) < 4.78 is 4.75. The number of fused-ring (bicyclic) bond motifs is 6. The van der Waals surface area contributed by atoms with Crippen LogP contribution >= 0.6 is 0 Å². The lowest BCUT2D eigenvalue weighted by Crippen LogP contribution is -2.02. The van der Waals surface area contributed by atoms with E-state index in [-0.39, 0.29) is 0 Å². The van der Waals surface area contributed by atoms with Crippen LogP contribution in [0.5, 0.6) is 0 Å². The van der Waals surface area contributed by atoms with Crippen LogP contribution in [0.4, 0.5) is 0 Å². The Bertz CT molecular complexity index is 3170. The van der Waals surface area contributed by atoms with Crippen molar-refractivity contribution in [2.45, 2.75) is 0 Å². The Labute approximate surface area is 323 Å². The van der Waals surface area contributed by atoms with Gasteiger partial charge in [0.2, 0.25) is 0 Å². The molecule has 5 heteroatoms. The summed E-state index contributed by atoms with van der Waals surface area (Å²) in [6.45, 7) is 0. The molecule has 0 amide bonds. The second-order valence-electron chi connectivity index (χ2n) is 14.1. The van der Waals surface area contributed by atoms with Gasteiger partial charge in [0, 0.05) is 49.6 Å². The first-order chi connectivity index (χ1) is 27.8. The normalized spacial score (nSPS) is 11.6. The zero-order chi connectivity index (χ0) is 37.0. The van der Waals surface area contributed by atoms with Crippen molar-refractivity contribution < 1.29 is 0 Å². The van der Waals surface area contributed by atoms with Crippen molar-refractivity contribution in [2.75, 3.05) is 0 Å². The van der Waals surface area contributed by atoms with Crippen molar-refractivity contribution in [3.8, 4) is 56.7 Å². The minimum Gasteiger partial charge on any atom is -0.309 e. The average Bonchev–Trinajstić information content (AvgIpc) is 3.80. The van der Waals surface area contributed by atoms with E-state index >= 15 is 0 Å². The van der Waals surface area contributed by atoms with Gasteiger partial charge < -0.3 is 9.13 Å². The molecule has 11 aromatic rings. The molecule has 0 fully saturated rings. The van der Waals surface area contributed by atoms with Gasteiger partial charge in [-0.05, 0) is 53.6 Å². The van der Waals surface area contributed by atoms with Crippen LogP contribution in [0.1, 0.15) is 0 Å². The van der Waals surface area contributed by atoms with Gasteiger partial charge in [-0.25, -0.2) is 15.0 Å². The lowest BCUT2D eigenvalue weighted by Gasteiger charge is -2.15. The van der Waals surface area contributed by atoms with E-state index in [1.54, 1.807) is 0 Å². The van der Waals surface area contributed by atoms with Crippen LogP contribution in [-0.4, -0.2) is 24.1 Å². The molecule has 0 aliphatic carbocycles. The first kappa shape index (κ1) is 31.9. The van der Waals surface area contributed by atoms with Gasteiger partial charge in [-0.2, -0.15) is 0 Å². The van der Waals surface area contributed by atoms with Crippen LogP contribution in [-0.2, 0) is 0 Å². The Morgan fingerprint density at radius 3 is 1.30 bits per heavy atom. The molecular weight excluding hydrogens is 683 g/mol. The number of hydrogen-bond acceptors (Lipinski definition) is 3. The lowest BCUT2D eigenvalue weighted by molar-refractivity contribution is 1.07. The molecule has 8 aromatic carbocycles. The maximum Gasteiger partial charge on any atom is 0.164 e. The molecule has 0 aliphatic rings. The third kappa shape index (κ3) is 5.21. The Morgan fingerprint density at radius 1 is 0.286 bits per heavy atom. The topological polar surface area (TPSA) is 48.5 Å². The standard InChI is InChI=1S/C51H33N5/c1-4-16-34(17-5-1)35-28-30-37(31-29-35)50-52-49(36-18-6-2-7-19-36)53-51(54-50)43-32-39(56-44-25-13-10-22-40(44)41-23-11-14-26-45(41)56)33-47-48(43)42-24-12-15-27-46(42)55(47)38-20-8-3-9-21-38/h1-33H. The number of aromatic nitrogens is 5. The second-order valence-corrected chi connectivity index (χ2v) is 14.1. The zero-order valence-electron chi connectivity index (χ0n) is 30.3. The quantitative estimate of drug-likeness (QED) is 0.172. The molecule has 0 bridgehead atoms. The highest BCUT2D eigenvalue weighted by molar-refractivity contribution is 6.17. The van der Waals surface area contributed by atoms with E-state index in [2.05, 4.69) is 185 Å². The van der Waals surface area contributed by atoms with Crippen LogP contribution in [0.15, 0.2) is 200 Å². The monoisotopic (exact) mass is 715 g/mol. The molecule has 0 aliphatic heterocycles. The van der Waals surface area contributed by atoms with Crippen molar-refractivity contribution >= 4 is 43.6 Å². The fourth-order valence-electron chi connectivity index (χ4n) is 8.23. The Hall–Kier alpha value is -7.63. The average molecular weight is 716 g/mol. The van der Waals surface area contributed by atoms with Crippen molar-refractivity contribution in [3.63, 3.8) is 0 Å². The number of rotatable bonds is 6. The zero-order valence-corrected chi connectivity index (χ0v) is 30.3. The highest BCUT2D eigenvalue weighted by atomic mass is 15.0. The van der Waals surface area contributed by atoms with Gasteiger partial charge in [0.25, 0.3) is 0 Å². The SMILES string of the molecule is c1ccc(-c2ccc(-c3nc(-c4ccccc4)nc(-c4cc(-n5c6ccccc6c6ccccc65)cc5c4c4ccccc4n5-c4ccccc4)n3)cc2)cc1. The summed E-state index contributed by atoms with van der Waals surface area (Å²) in [5.41, 5.74) is 11.7. The van der Waals surface area contributed by atoms with E-state index in [0.29, 0.717) is 17.5 Å². The van der Waals surface area contributed by atoms with Crippen LogP contribution in [0.3, 0.4) is 0 Å². The molecule has 262 valence electrons. The molecule has 11 rings (SSSR count). The predicted molar refractivity (Wildman–Crippen MR) is 230 cm³/mol. The number of hydrogen-bond donors (Lipinski definition) is 0. The molecule has 3 heterocycles. The summed E-state index contributed by atoms with van der Waals surface area (Å²) in [7, 11) is 0. The molecule has 0 radical (unpaired) electrons. The van der Waals surface area contributed by atoms with E-state index in [1.807, 2.05) is 24.3 Å². The number of benzene rings is 8. The summed E-state index contributed by atoms with van der Waals surface area (Å²) in [5, 5.41) is 4.64. The molecule has 0 N–H and O–H groups in total. The van der Waals surface area contributed by atoms with Crippen LogP contribution in [0, 0.1) is 0 Å². The Kier molecular flexibility index (Phi) is 7.42. The summed E-state index contributed by atoms with van der Waals surface area (Å²) in [4.78, 5) is 15.8. The molecule has 0 unspecified atom stereocenters. The van der Waals surface area contributed by atoms with E-state index in [0.717, 1.165) is 66.5 Å². The Balaban J connectivity index is 1.24. The van der Waals surface area contributed by atoms with Crippen molar-refractivity contribution in [3.05, 3.63) is 200 Å². The van der Waals surface area contributed by atoms with Crippen molar-refractivity contribution in [2.24, 2.45) is 0 Å². The predicted octanol–water partition coefficient (Wildman–Crippen LogP) is 12.7. The minimum absolute atomic E-state index is 0.615. The lowest BCUT2D eigenvalue weighted by atomic mass is 10.0. The van der Waals surface area contributed by atoms with Gasteiger partial charge in [0.15, 0.2) is 17.5 Å². The van der Waals surface area contributed by atoms with Gasteiger partial charge >= 0.3 is 0 Å². The second kappa shape index (κ2) is 13.0. The Morgan fingerprint density at radius 2 is 0.696 bits per heavy atom. The molecule has 0 saturated heterocycles. The third-order valence-corrected chi connectivity index (χ3v) is 10.8. The molecule has 56 heavy (non-hydrogen) atoms. The first-order valence-corrected chi connectivity index (χ1v) is 18.9. The van der Waals surface area contributed by atoms with Crippen LogP contribution < -0.4 is 0 Å². The summed E-state index contributed by atoms with van der Waals surface area (Å²) in [5.74, 6) is 1.86. The number of nitrogens with zero attached hydrogens (tertiary/aromatic N) is 5.